The summed E-state index contributed by atoms with van der Waals surface area (Å²) in [4.78, 5) is 0. The average Bonchev–Trinajstić information content (AvgIpc) is 2.19. The molecule has 14 heavy (non-hydrogen) atoms. The van der Waals surface area contributed by atoms with Crippen LogP contribution in [0.25, 0.3) is 0 Å². The molecule has 1 aromatic carbocycles. The Morgan fingerprint density at radius 3 is 2.64 bits per heavy atom. The molecule has 0 bridgehead atoms. The van der Waals surface area contributed by atoms with Crippen molar-refractivity contribution in [2.24, 2.45) is 11.7 Å². The Morgan fingerprint density at radius 2 is 2.07 bits per heavy atom. The third-order valence-corrected chi connectivity index (χ3v) is 2.77. The Labute approximate surface area is 85.1 Å². The van der Waals surface area contributed by atoms with Crippen molar-refractivity contribution in [2.45, 2.75) is 33.2 Å². The lowest BCUT2D eigenvalue weighted by Crippen LogP contribution is -2.19. The van der Waals surface area contributed by atoms with E-state index in [4.69, 9.17) is 5.73 Å². The smallest absolute Gasteiger partial charge is 0.127 e. The maximum absolute atomic E-state index is 13.4. The van der Waals surface area contributed by atoms with Crippen LogP contribution in [0.4, 0.5) is 4.39 Å². The number of hydrogen-bond donors (Lipinski definition) is 1. The average molecular weight is 195 g/mol. The van der Waals surface area contributed by atoms with Gasteiger partial charge in [-0.05, 0) is 18.9 Å². The summed E-state index contributed by atoms with van der Waals surface area (Å²) in [5.41, 5.74) is 7.67. The van der Waals surface area contributed by atoms with Gasteiger partial charge in [0.05, 0.1) is 0 Å². The fourth-order valence-corrected chi connectivity index (χ4v) is 1.48. The van der Waals surface area contributed by atoms with E-state index in [2.05, 4.69) is 6.92 Å². The zero-order valence-electron chi connectivity index (χ0n) is 9.05. The summed E-state index contributed by atoms with van der Waals surface area (Å²) < 4.78 is 13.4. The van der Waals surface area contributed by atoms with Gasteiger partial charge in [-0.3, -0.25) is 0 Å². The zero-order chi connectivity index (χ0) is 10.7. The van der Waals surface area contributed by atoms with Crippen molar-refractivity contribution in [3.63, 3.8) is 0 Å². The van der Waals surface area contributed by atoms with E-state index >= 15 is 0 Å². The summed E-state index contributed by atoms with van der Waals surface area (Å²) in [6.45, 7) is 6.07. The number of benzene rings is 1. The number of hydrogen-bond acceptors (Lipinski definition) is 1. The van der Waals surface area contributed by atoms with E-state index < -0.39 is 0 Å². The third kappa shape index (κ3) is 2.32. The summed E-state index contributed by atoms with van der Waals surface area (Å²) in [6.07, 6.45) is 0.967. The molecular weight excluding hydrogens is 177 g/mol. The molecule has 2 N–H and O–H groups in total. The van der Waals surface area contributed by atoms with E-state index in [9.17, 15) is 4.39 Å². The molecule has 1 aromatic rings. The fourth-order valence-electron chi connectivity index (χ4n) is 1.48. The minimum absolute atomic E-state index is 0.191. The van der Waals surface area contributed by atoms with Gasteiger partial charge in [0.2, 0.25) is 0 Å². The Bertz CT molecular complexity index is 309. The Kier molecular flexibility index (Phi) is 3.64. The fraction of sp³-hybridized carbons (Fsp3) is 0.500. The maximum Gasteiger partial charge on any atom is 0.127 e. The van der Waals surface area contributed by atoms with Crippen molar-refractivity contribution in [3.05, 3.63) is 35.1 Å². The SMILES string of the molecule is CCC(C)[C@@H](N)c1cc(C)ccc1F. The molecule has 0 aliphatic rings. The van der Waals surface area contributed by atoms with Crippen LogP contribution >= 0.6 is 0 Å². The quantitative estimate of drug-likeness (QED) is 0.787. The molecule has 0 aliphatic heterocycles. The number of halogens is 1. The molecule has 2 atom stereocenters. The maximum atomic E-state index is 13.4. The number of aryl methyl sites for hydroxylation is 1. The van der Waals surface area contributed by atoms with Gasteiger partial charge in [0.25, 0.3) is 0 Å². The normalized spacial score (nSPS) is 15.2. The van der Waals surface area contributed by atoms with Crippen LogP contribution in [0.3, 0.4) is 0 Å². The van der Waals surface area contributed by atoms with Gasteiger partial charge in [0.15, 0.2) is 0 Å². The summed E-state index contributed by atoms with van der Waals surface area (Å²) in [7, 11) is 0. The zero-order valence-corrected chi connectivity index (χ0v) is 9.05. The van der Waals surface area contributed by atoms with Gasteiger partial charge in [-0.25, -0.2) is 4.39 Å². The molecule has 0 heterocycles. The van der Waals surface area contributed by atoms with Gasteiger partial charge in [0, 0.05) is 11.6 Å². The van der Waals surface area contributed by atoms with Gasteiger partial charge in [-0.2, -0.15) is 0 Å². The molecule has 0 aromatic heterocycles. The predicted molar refractivity (Wildman–Crippen MR) is 57.5 cm³/mol. The van der Waals surface area contributed by atoms with Crippen LogP contribution in [-0.4, -0.2) is 0 Å². The van der Waals surface area contributed by atoms with Crippen LogP contribution in [0.1, 0.15) is 37.4 Å². The second-order valence-corrected chi connectivity index (χ2v) is 3.94. The van der Waals surface area contributed by atoms with Crippen molar-refractivity contribution >= 4 is 0 Å². The van der Waals surface area contributed by atoms with Gasteiger partial charge in [0.1, 0.15) is 5.82 Å². The summed E-state index contributed by atoms with van der Waals surface area (Å²) in [5, 5.41) is 0. The van der Waals surface area contributed by atoms with E-state index in [0.717, 1.165) is 12.0 Å². The number of nitrogens with two attached hydrogens (primary N) is 1. The van der Waals surface area contributed by atoms with Crippen molar-refractivity contribution in [3.8, 4) is 0 Å². The molecule has 1 unspecified atom stereocenters. The summed E-state index contributed by atoms with van der Waals surface area (Å²) in [6, 6.07) is 4.90. The molecule has 2 heteroatoms. The van der Waals surface area contributed by atoms with Gasteiger partial charge in [-0.1, -0.05) is 38.0 Å². The molecule has 78 valence electrons. The molecule has 1 nitrogen and oxygen atoms in total. The largest absolute Gasteiger partial charge is 0.324 e. The van der Waals surface area contributed by atoms with E-state index in [-0.39, 0.29) is 11.9 Å². The van der Waals surface area contributed by atoms with Crippen LogP contribution in [0.15, 0.2) is 18.2 Å². The van der Waals surface area contributed by atoms with E-state index in [0.29, 0.717) is 11.5 Å². The second kappa shape index (κ2) is 4.56. The molecule has 0 aliphatic carbocycles. The first-order chi connectivity index (χ1) is 6.56. The molecule has 0 saturated carbocycles. The lowest BCUT2D eigenvalue weighted by molar-refractivity contribution is 0.439. The topological polar surface area (TPSA) is 26.0 Å². The molecule has 0 spiro atoms. The molecule has 0 saturated heterocycles. The van der Waals surface area contributed by atoms with E-state index in [1.165, 1.54) is 6.07 Å². The van der Waals surface area contributed by atoms with Crippen molar-refractivity contribution in [2.75, 3.05) is 0 Å². The van der Waals surface area contributed by atoms with Crippen LogP contribution in [0, 0.1) is 18.7 Å². The highest BCUT2D eigenvalue weighted by atomic mass is 19.1. The van der Waals surface area contributed by atoms with E-state index in [1.807, 2.05) is 19.9 Å². The number of rotatable bonds is 3. The van der Waals surface area contributed by atoms with E-state index in [1.54, 1.807) is 6.07 Å². The van der Waals surface area contributed by atoms with Crippen LogP contribution < -0.4 is 5.73 Å². The first kappa shape index (κ1) is 11.2. The van der Waals surface area contributed by atoms with Gasteiger partial charge < -0.3 is 5.73 Å². The Morgan fingerprint density at radius 1 is 1.43 bits per heavy atom. The lowest BCUT2D eigenvalue weighted by atomic mass is 9.92. The third-order valence-electron chi connectivity index (χ3n) is 2.77. The summed E-state index contributed by atoms with van der Waals surface area (Å²) in [5.74, 6) is 0.120. The highest BCUT2D eigenvalue weighted by molar-refractivity contribution is 5.26. The van der Waals surface area contributed by atoms with Crippen LogP contribution in [-0.2, 0) is 0 Å². The van der Waals surface area contributed by atoms with Crippen molar-refractivity contribution in [1.82, 2.24) is 0 Å². The predicted octanol–water partition coefficient (Wildman–Crippen LogP) is 3.18. The van der Waals surface area contributed by atoms with Crippen LogP contribution in [0.2, 0.25) is 0 Å². The van der Waals surface area contributed by atoms with Crippen molar-refractivity contribution < 1.29 is 4.39 Å². The highest BCUT2D eigenvalue weighted by Crippen LogP contribution is 2.24. The highest BCUT2D eigenvalue weighted by Gasteiger charge is 2.16. The molecule has 0 amide bonds. The van der Waals surface area contributed by atoms with Crippen molar-refractivity contribution in [1.29, 1.82) is 0 Å². The molecular formula is C12H18FN. The lowest BCUT2D eigenvalue weighted by Gasteiger charge is -2.19. The minimum atomic E-state index is -0.195. The minimum Gasteiger partial charge on any atom is -0.324 e. The Balaban J connectivity index is 2.99. The monoisotopic (exact) mass is 195 g/mol. The molecule has 0 fully saturated rings. The first-order valence-corrected chi connectivity index (χ1v) is 5.08. The molecule has 0 radical (unpaired) electrons. The van der Waals surface area contributed by atoms with Gasteiger partial charge >= 0.3 is 0 Å². The standard InChI is InChI=1S/C12H18FN/c1-4-9(3)12(14)10-7-8(2)5-6-11(10)13/h5-7,9,12H,4,14H2,1-3H3/t9?,12-/m1/s1. The first-order valence-electron chi connectivity index (χ1n) is 5.08. The van der Waals surface area contributed by atoms with Gasteiger partial charge in [-0.15, -0.1) is 0 Å². The van der Waals surface area contributed by atoms with Crippen LogP contribution in [0.5, 0.6) is 0 Å². The second-order valence-electron chi connectivity index (χ2n) is 3.94. The molecule has 1 rings (SSSR count). The Hall–Kier alpha value is -0.890. The summed E-state index contributed by atoms with van der Waals surface area (Å²) >= 11 is 0.